The van der Waals surface area contributed by atoms with Gasteiger partial charge in [0.1, 0.15) is 6.61 Å². The second kappa shape index (κ2) is 4.56. The molecule has 0 spiro atoms. The smallest absolute Gasteiger partial charge is 0.287 e. The largest absolute Gasteiger partial charge is 0.474 e. The highest BCUT2D eigenvalue weighted by atomic mass is 31.2. The van der Waals surface area contributed by atoms with Crippen LogP contribution in [0, 0.1) is 0 Å². The van der Waals surface area contributed by atoms with Crippen LogP contribution in [-0.2, 0) is 18.1 Å². The normalized spacial score (nSPS) is 22.1. The standard InChI is InChI=1S/C6H8F5O4P/c7-5(8,6(9,10)11)4-15-16(12)13-2-1-3-14-16/h1-4H2. The third-order valence-corrected chi connectivity index (χ3v) is 3.05. The van der Waals surface area contributed by atoms with Crippen LogP contribution in [0.4, 0.5) is 22.0 Å². The van der Waals surface area contributed by atoms with Crippen molar-refractivity contribution < 1.29 is 40.1 Å². The van der Waals surface area contributed by atoms with Gasteiger partial charge in [0.2, 0.25) is 0 Å². The average molecular weight is 270 g/mol. The summed E-state index contributed by atoms with van der Waals surface area (Å²) in [7, 11) is -4.26. The Hall–Kier alpha value is -0.240. The number of phosphoric acid groups is 1. The monoisotopic (exact) mass is 270 g/mol. The zero-order chi connectivity index (χ0) is 12.4. The fourth-order valence-electron chi connectivity index (χ4n) is 0.765. The number of phosphoric ester groups is 1. The predicted molar refractivity (Wildman–Crippen MR) is 41.1 cm³/mol. The summed E-state index contributed by atoms with van der Waals surface area (Å²) >= 11 is 0. The van der Waals surface area contributed by atoms with Gasteiger partial charge in [0, 0.05) is 0 Å². The van der Waals surface area contributed by atoms with Crippen molar-refractivity contribution in [1.29, 1.82) is 0 Å². The Morgan fingerprint density at radius 2 is 1.62 bits per heavy atom. The molecule has 0 aromatic rings. The van der Waals surface area contributed by atoms with Gasteiger partial charge in [-0.25, -0.2) is 4.57 Å². The van der Waals surface area contributed by atoms with Crippen LogP contribution in [0.25, 0.3) is 0 Å². The summed E-state index contributed by atoms with van der Waals surface area (Å²) in [5.41, 5.74) is 0. The maximum atomic E-state index is 12.4. The summed E-state index contributed by atoms with van der Waals surface area (Å²) < 4.78 is 83.8. The molecule has 1 aliphatic heterocycles. The average Bonchev–Trinajstić information content (AvgIpc) is 2.15. The van der Waals surface area contributed by atoms with E-state index in [1.807, 2.05) is 0 Å². The van der Waals surface area contributed by atoms with Gasteiger partial charge in [-0.2, -0.15) is 22.0 Å². The zero-order valence-corrected chi connectivity index (χ0v) is 8.69. The van der Waals surface area contributed by atoms with Crippen molar-refractivity contribution in [1.82, 2.24) is 0 Å². The van der Waals surface area contributed by atoms with Crippen LogP contribution >= 0.6 is 7.82 Å². The van der Waals surface area contributed by atoms with Crippen molar-refractivity contribution in [2.24, 2.45) is 0 Å². The highest BCUT2D eigenvalue weighted by Crippen LogP contribution is 2.53. The minimum absolute atomic E-state index is 0.0745. The van der Waals surface area contributed by atoms with Gasteiger partial charge in [-0.05, 0) is 6.42 Å². The number of rotatable bonds is 3. The molecule has 0 aromatic carbocycles. The van der Waals surface area contributed by atoms with Crippen molar-refractivity contribution in [2.45, 2.75) is 18.5 Å². The lowest BCUT2D eigenvalue weighted by molar-refractivity contribution is -0.291. The first-order valence-electron chi connectivity index (χ1n) is 4.14. The van der Waals surface area contributed by atoms with Crippen molar-refractivity contribution in [3.63, 3.8) is 0 Å². The first-order chi connectivity index (χ1) is 7.16. The fourth-order valence-corrected chi connectivity index (χ4v) is 2.01. The molecule has 0 bridgehead atoms. The number of hydrogen-bond donors (Lipinski definition) is 0. The molecule has 4 nitrogen and oxygen atoms in total. The first-order valence-corrected chi connectivity index (χ1v) is 5.61. The molecule has 1 aliphatic rings. The summed E-state index contributed by atoms with van der Waals surface area (Å²) in [6.45, 7) is -2.24. The Bertz CT molecular complexity index is 281. The van der Waals surface area contributed by atoms with Crippen LogP contribution < -0.4 is 0 Å². The number of alkyl halides is 5. The van der Waals surface area contributed by atoms with E-state index in [0.29, 0.717) is 6.42 Å². The van der Waals surface area contributed by atoms with Gasteiger partial charge >= 0.3 is 19.9 Å². The summed E-state index contributed by atoms with van der Waals surface area (Å²) in [4.78, 5) is 0. The van der Waals surface area contributed by atoms with E-state index in [1.54, 1.807) is 0 Å². The Morgan fingerprint density at radius 3 is 2.06 bits per heavy atom. The minimum atomic E-state index is -5.76. The summed E-state index contributed by atoms with van der Waals surface area (Å²) in [5.74, 6) is -5.09. The summed E-state index contributed by atoms with van der Waals surface area (Å²) in [6.07, 6.45) is -5.40. The minimum Gasteiger partial charge on any atom is -0.287 e. The maximum Gasteiger partial charge on any atom is 0.474 e. The molecule has 0 aromatic heterocycles. The lowest BCUT2D eigenvalue weighted by atomic mass is 10.3. The number of hydrogen-bond acceptors (Lipinski definition) is 4. The van der Waals surface area contributed by atoms with Crippen molar-refractivity contribution in [3.05, 3.63) is 0 Å². The van der Waals surface area contributed by atoms with E-state index >= 15 is 0 Å². The molecular weight excluding hydrogens is 262 g/mol. The Balaban J connectivity index is 2.53. The van der Waals surface area contributed by atoms with Crippen LogP contribution in [0.15, 0.2) is 0 Å². The number of halogens is 5. The van der Waals surface area contributed by atoms with E-state index in [4.69, 9.17) is 0 Å². The molecule has 0 saturated carbocycles. The third kappa shape index (κ3) is 3.38. The molecule has 16 heavy (non-hydrogen) atoms. The SMILES string of the molecule is O=P1(OCC(F)(F)C(F)(F)F)OCCCO1. The van der Waals surface area contributed by atoms with Gasteiger partial charge in [-0.3, -0.25) is 13.6 Å². The lowest BCUT2D eigenvalue weighted by Gasteiger charge is -2.25. The topological polar surface area (TPSA) is 44.8 Å². The van der Waals surface area contributed by atoms with E-state index < -0.39 is 26.5 Å². The second-order valence-corrected chi connectivity index (χ2v) is 4.61. The van der Waals surface area contributed by atoms with Crippen LogP contribution in [0.5, 0.6) is 0 Å². The van der Waals surface area contributed by atoms with Gasteiger partial charge in [-0.1, -0.05) is 0 Å². The van der Waals surface area contributed by atoms with E-state index in [1.165, 1.54) is 0 Å². The first kappa shape index (κ1) is 13.8. The van der Waals surface area contributed by atoms with E-state index in [9.17, 15) is 26.5 Å². The van der Waals surface area contributed by atoms with E-state index in [2.05, 4.69) is 13.6 Å². The molecule has 0 aliphatic carbocycles. The molecule has 10 heteroatoms. The van der Waals surface area contributed by atoms with Gasteiger partial charge in [-0.15, -0.1) is 0 Å². The third-order valence-electron chi connectivity index (χ3n) is 1.61. The van der Waals surface area contributed by atoms with E-state index in [0.717, 1.165) is 0 Å². The van der Waals surface area contributed by atoms with Gasteiger partial charge in [0.25, 0.3) is 0 Å². The van der Waals surface area contributed by atoms with Gasteiger partial charge in [0.15, 0.2) is 0 Å². The van der Waals surface area contributed by atoms with Crippen LogP contribution in [0.3, 0.4) is 0 Å². The van der Waals surface area contributed by atoms with Crippen molar-refractivity contribution >= 4 is 7.82 Å². The molecule has 1 heterocycles. The molecule has 1 rings (SSSR count). The molecule has 0 N–H and O–H groups in total. The molecule has 0 amide bonds. The Kier molecular flexibility index (Phi) is 3.94. The van der Waals surface area contributed by atoms with Gasteiger partial charge in [0.05, 0.1) is 13.2 Å². The van der Waals surface area contributed by atoms with Crippen LogP contribution in [0.2, 0.25) is 0 Å². The van der Waals surface area contributed by atoms with Crippen molar-refractivity contribution in [3.8, 4) is 0 Å². The summed E-state index contributed by atoms with van der Waals surface area (Å²) in [5, 5.41) is 0. The Morgan fingerprint density at radius 1 is 1.12 bits per heavy atom. The van der Waals surface area contributed by atoms with E-state index in [-0.39, 0.29) is 13.2 Å². The van der Waals surface area contributed by atoms with Crippen molar-refractivity contribution in [2.75, 3.05) is 19.8 Å². The highest BCUT2D eigenvalue weighted by molar-refractivity contribution is 7.48. The fraction of sp³-hybridized carbons (Fsp3) is 1.00. The predicted octanol–water partition coefficient (Wildman–Crippen LogP) is 2.75. The second-order valence-electron chi connectivity index (χ2n) is 2.94. The van der Waals surface area contributed by atoms with Gasteiger partial charge < -0.3 is 0 Å². The van der Waals surface area contributed by atoms with Crippen LogP contribution in [0.1, 0.15) is 6.42 Å². The molecular formula is C6H8F5O4P. The molecule has 1 saturated heterocycles. The Labute approximate surface area is 87.3 Å². The molecule has 1 fully saturated rings. The molecule has 96 valence electrons. The molecule has 0 unspecified atom stereocenters. The quantitative estimate of drug-likeness (QED) is 0.584. The zero-order valence-electron chi connectivity index (χ0n) is 7.80. The maximum absolute atomic E-state index is 12.4. The van der Waals surface area contributed by atoms with Crippen LogP contribution in [-0.4, -0.2) is 31.9 Å². The molecule has 0 radical (unpaired) electrons. The highest BCUT2D eigenvalue weighted by Gasteiger charge is 2.58. The lowest BCUT2D eigenvalue weighted by Crippen LogP contribution is -2.40. The molecule has 0 atom stereocenters. The summed E-state index contributed by atoms with van der Waals surface area (Å²) in [6, 6.07) is 0.